The Morgan fingerprint density at radius 3 is 2.74 bits per heavy atom. The molecule has 9 heteroatoms. The van der Waals surface area contributed by atoms with E-state index in [1.165, 1.54) is 12.7 Å². The lowest BCUT2D eigenvalue weighted by atomic mass is 10.1. The van der Waals surface area contributed by atoms with E-state index < -0.39 is 5.97 Å². The van der Waals surface area contributed by atoms with Crippen LogP contribution in [-0.2, 0) is 27.4 Å². The number of ether oxygens (including phenoxy) is 2. The highest BCUT2D eigenvalue weighted by atomic mass is 32.1. The highest BCUT2D eigenvalue weighted by Crippen LogP contribution is 2.33. The van der Waals surface area contributed by atoms with Crippen molar-refractivity contribution in [2.75, 3.05) is 31.5 Å². The lowest BCUT2D eigenvalue weighted by molar-refractivity contribution is -0.116. The molecule has 0 saturated carbocycles. The molecule has 0 radical (unpaired) electrons. The highest BCUT2D eigenvalue weighted by molar-refractivity contribution is 7.07. The molecule has 0 bridgehead atoms. The van der Waals surface area contributed by atoms with Crippen molar-refractivity contribution in [1.29, 1.82) is 0 Å². The van der Waals surface area contributed by atoms with Gasteiger partial charge in [0, 0.05) is 32.0 Å². The van der Waals surface area contributed by atoms with Gasteiger partial charge in [0.15, 0.2) is 5.69 Å². The minimum Gasteiger partial charge on any atom is -0.464 e. The van der Waals surface area contributed by atoms with E-state index in [0.717, 1.165) is 5.69 Å². The quantitative estimate of drug-likeness (QED) is 0.457. The van der Waals surface area contributed by atoms with Crippen LogP contribution in [0, 0.1) is 5.92 Å². The number of rotatable bonds is 10. The molecule has 31 heavy (non-hydrogen) atoms. The molecule has 3 aromatic rings. The third-order valence-corrected chi connectivity index (χ3v) is 5.46. The first-order chi connectivity index (χ1) is 14.9. The molecule has 3 heterocycles. The number of carbonyl (C=O) groups excluding carboxylic acids is 2. The van der Waals surface area contributed by atoms with E-state index in [2.05, 4.69) is 27.1 Å². The molecule has 0 aliphatic heterocycles. The fourth-order valence-electron chi connectivity index (χ4n) is 3.32. The van der Waals surface area contributed by atoms with Gasteiger partial charge in [-0.3, -0.25) is 4.79 Å². The summed E-state index contributed by atoms with van der Waals surface area (Å²) in [5.74, 6) is -0.520. The van der Waals surface area contributed by atoms with Gasteiger partial charge >= 0.3 is 5.97 Å². The maximum Gasteiger partial charge on any atom is 0.356 e. The predicted molar refractivity (Wildman–Crippen MR) is 123 cm³/mol. The Morgan fingerprint density at radius 2 is 2.10 bits per heavy atom. The highest BCUT2D eigenvalue weighted by Gasteiger charge is 2.26. The fraction of sp³-hybridized carbons (Fsp3) is 0.409. The van der Waals surface area contributed by atoms with Gasteiger partial charge in [0.2, 0.25) is 5.91 Å². The van der Waals surface area contributed by atoms with E-state index in [1.807, 2.05) is 25.3 Å². The van der Waals surface area contributed by atoms with E-state index in [0.29, 0.717) is 42.8 Å². The third-order valence-electron chi connectivity index (χ3n) is 4.73. The Labute approximate surface area is 185 Å². The van der Waals surface area contributed by atoms with Crippen LogP contribution in [0.5, 0.6) is 0 Å². The number of carbonyl (C=O) groups is 2. The standard InChI is InChI=1S/C22H28N4O4S/c1-14(2)9-18(27)25-19-17-10-16(23-11-15-5-8-31-13-15)12-24-21(17)26(6-7-29-3)20(19)22(28)30-4/h5,8,10,12-14,23H,6-7,9,11H2,1-4H3,(H,25,27). The van der Waals surface area contributed by atoms with Crippen molar-refractivity contribution in [1.82, 2.24) is 9.55 Å². The van der Waals surface area contributed by atoms with Crippen molar-refractivity contribution < 1.29 is 19.1 Å². The van der Waals surface area contributed by atoms with Crippen LogP contribution in [0.4, 0.5) is 11.4 Å². The second-order valence-electron chi connectivity index (χ2n) is 7.59. The van der Waals surface area contributed by atoms with Crippen LogP contribution in [0.15, 0.2) is 29.1 Å². The van der Waals surface area contributed by atoms with Gasteiger partial charge in [0.1, 0.15) is 5.65 Å². The SMILES string of the molecule is COCCn1c(C(=O)OC)c(NC(=O)CC(C)C)c2cc(NCc3ccsc3)cnc21. The summed E-state index contributed by atoms with van der Waals surface area (Å²) in [7, 11) is 2.91. The third kappa shape index (κ3) is 5.42. The van der Waals surface area contributed by atoms with Crippen LogP contribution in [0.2, 0.25) is 0 Å². The molecule has 166 valence electrons. The Balaban J connectivity index is 2.06. The fourth-order valence-corrected chi connectivity index (χ4v) is 3.98. The molecule has 0 aliphatic rings. The van der Waals surface area contributed by atoms with Crippen LogP contribution in [0.3, 0.4) is 0 Å². The zero-order chi connectivity index (χ0) is 22.4. The molecular formula is C22H28N4O4S. The summed E-state index contributed by atoms with van der Waals surface area (Å²) in [6.45, 7) is 5.37. The first-order valence-corrected chi connectivity index (χ1v) is 11.0. The molecule has 0 aliphatic carbocycles. The van der Waals surface area contributed by atoms with Gasteiger partial charge in [-0.2, -0.15) is 11.3 Å². The number of thiophene rings is 1. The van der Waals surface area contributed by atoms with Crippen LogP contribution in [0.1, 0.15) is 36.3 Å². The number of esters is 1. The number of fused-ring (bicyclic) bond motifs is 1. The van der Waals surface area contributed by atoms with E-state index in [4.69, 9.17) is 9.47 Å². The second kappa shape index (κ2) is 10.4. The van der Waals surface area contributed by atoms with Crippen molar-refractivity contribution in [3.63, 3.8) is 0 Å². The van der Waals surface area contributed by atoms with Crippen LogP contribution < -0.4 is 10.6 Å². The summed E-state index contributed by atoms with van der Waals surface area (Å²) in [5.41, 5.74) is 3.21. The van der Waals surface area contributed by atoms with Crippen molar-refractivity contribution in [3.05, 3.63) is 40.3 Å². The van der Waals surface area contributed by atoms with E-state index >= 15 is 0 Å². The predicted octanol–water partition coefficient (Wildman–Crippen LogP) is 4.13. The van der Waals surface area contributed by atoms with Crippen molar-refractivity contribution in [2.45, 2.75) is 33.4 Å². The number of methoxy groups -OCH3 is 2. The minimum atomic E-state index is -0.540. The van der Waals surface area contributed by atoms with Crippen LogP contribution in [0.25, 0.3) is 11.0 Å². The molecule has 3 rings (SSSR count). The molecule has 1 amide bonds. The maximum atomic E-state index is 12.7. The number of nitrogens with zero attached hydrogens (tertiary/aromatic N) is 2. The van der Waals surface area contributed by atoms with Gasteiger partial charge in [-0.15, -0.1) is 0 Å². The average Bonchev–Trinajstić information content (AvgIpc) is 3.36. The zero-order valence-electron chi connectivity index (χ0n) is 18.2. The number of hydrogen-bond acceptors (Lipinski definition) is 7. The van der Waals surface area contributed by atoms with Gasteiger partial charge in [0.05, 0.1) is 31.3 Å². The van der Waals surface area contributed by atoms with E-state index in [1.54, 1.807) is 29.2 Å². The van der Waals surface area contributed by atoms with Crippen molar-refractivity contribution >= 4 is 45.6 Å². The molecule has 0 unspecified atom stereocenters. The monoisotopic (exact) mass is 444 g/mol. The maximum absolute atomic E-state index is 12.7. The summed E-state index contributed by atoms with van der Waals surface area (Å²) in [4.78, 5) is 29.9. The smallest absolute Gasteiger partial charge is 0.356 e. The molecule has 0 spiro atoms. The summed E-state index contributed by atoms with van der Waals surface area (Å²) >= 11 is 1.64. The lowest BCUT2D eigenvalue weighted by Gasteiger charge is -2.11. The average molecular weight is 445 g/mol. The Hall–Kier alpha value is -2.91. The van der Waals surface area contributed by atoms with E-state index in [9.17, 15) is 9.59 Å². The summed E-state index contributed by atoms with van der Waals surface area (Å²) < 4.78 is 12.0. The second-order valence-corrected chi connectivity index (χ2v) is 8.37. The summed E-state index contributed by atoms with van der Waals surface area (Å²) in [5, 5.41) is 11.0. The zero-order valence-corrected chi connectivity index (χ0v) is 19.0. The number of pyridine rings is 1. The normalized spacial score (nSPS) is 11.1. The van der Waals surface area contributed by atoms with Gasteiger partial charge < -0.3 is 24.7 Å². The molecule has 0 atom stereocenters. The first-order valence-electron chi connectivity index (χ1n) is 10.1. The topological polar surface area (TPSA) is 94.5 Å². The molecule has 8 nitrogen and oxygen atoms in total. The Bertz CT molecular complexity index is 1040. The van der Waals surface area contributed by atoms with Gasteiger partial charge in [0.25, 0.3) is 0 Å². The first kappa shape index (κ1) is 22.8. The van der Waals surface area contributed by atoms with Gasteiger partial charge in [-0.1, -0.05) is 13.8 Å². The molecular weight excluding hydrogens is 416 g/mol. The Kier molecular flexibility index (Phi) is 7.64. The number of anilines is 2. The number of nitrogens with one attached hydrogen (secondary N) is 2. The van der Waals surface area contributed by atoms with Crippen LogP contribution >= 0.6 is 11.3 Å². The summed E-state index contributed by atoms with van der Waals surface area (Å²) in [6.07, 6.45) is 2.06. The largest absolute Gasteiger partial charge is 0.464 e. The van der Waals surface area contributed by atoms with Crippen molar-refractivity contribution in [3.8, 4) is 0 Å². The van der Waals surface area contributed by atoms with Crippen LogP contribution in [-0.4, -0.2) is 42.3 Å². The molecule has 0 aromatic carbocycles. The lowest BCUT2D eigenvalue weighted by Crippen LogP contribution is -2.19. The van der Waals surface area contributed by atoms with E-state index in [-0.39, 0.29) is 17.5 Å². The molecule has 3 aromatic heterocycles. The minimum absolute atomic E-state index is 0.164. The van der Waals surface area contributed by atoms with Crippen molar-refractivity contribution in [2.24, 2.45) is 5.92 Å². The molecule has 0 fully saturated rings. The van der Waals surface area contributed by atoms with Gasteiger partial charge in [-0.25, -0.2) is 9.78 Å². The number of aromatic nitrogens is 2. The number of amides is 1. The number of hydrogen-bond donors (Lipinski definition) is 2. The summed E-state index contributed by atoms with van der Waals surface area (Å²) in [6, 6.07) is 3.95. The van der Waals surface area contributed by atoms with Gasteiger partial charge in [-0.05, 0) is 34.4 Å². The Morgan fingerprint density at radius 1 is 1.29 bits per heavy atom. The molecule has 0 saturated heterocycles. The molecule has 2 N–H and O–H groups in total.